The highest BCUT2D eigenvalue weighted by Crippen LogP contribution is 2.40. The van der Waals surface area contributed by atoms with Crippen molar-refractivity contribution >= 4 is 29.9 Å². The van der Waals surface area contributed by atoms with Gasteiger partial charge in [0.1, 0.15) is 17.6 Å². The van der Waals surface area contributed by atoms with Gasteiger partial charge in [-0.1, -0.05) is 24.3 Å². The number of aromatic hydroxyl groups is 2. The fourth-order valence-electron chi connectivity index (χ4n) is 4.16. The molecule has 176 valence electrons. The molecule has 0 radical (unpaired) electrons. The Morgan fingerprint density at radius 1 is 1.15 bits per heavy atom. The van der Waals surface area contributed by atoms with Gasteiger partial charge in [-0.05, 0) is 13.0 Å². The Labute approximate surface area is 195 Å². The summed E-state index contributed by atoms with van der Waals surface area (Å²) in [6.45, 7) is 2.78. The molecule has 4 N–H and O–H groups in total. The van der Waals surface area contributed by atoms with E-state index in [4.69, 9.17) is 19.9 Å². The second-order valence-corrected chi connectivity index (χ2v) is 7.91. The quantitative estimate of drug-likeness (QED) is 0.380. The van der Waals surface area contributed by atoms with Crippen molar-refractivity contribution in [2.24, 2.45) is 5.73 Å². The number of hydrogen-bond donors (Lipinski definition) is 3. The van der Waals surface area contributed by atoms with E-state index in [-0.39, 0.29) is 53.3 Å². The third kappa shape index (κ3) is 4.45. The number of benzene rings is 2. The molecule has 1 aliphatic heterocycles. The second-order valence-electron chi connectivity index (χ2n) is 7.91. The van der Waals surface area contributed by atoms with Crippen molar-refractivity contribution in [2.45, 2.75) is 51.4 Å². The molecule has 1 aliphatic carbocycles. The third-order valence-corrected chi connectivity index (χ3v) is 5.67. The predicted octanol–water partition coefficient (Wildman–Crippen LogP) is 2.21. The fourth-order valence-corrected chi connectivity index (χ4v) is 4.16. The van der Waals surface area contributed by atoms with E-state index in [1.165, 1.54) is 25.1 Å². The number of phenolic OH excluding ortho intramolecular Hbond substituents is 2. The molecule has 0 spiro atoms. The molecule has 0 unspecified atom stereocenters. The summed E-state index contributed by atoms with van der Waals surface area (Å²) in [5, 5.41) is 21.2. The van der Waals surface area contributed by atoms with Crippen LogP contribution in [0.3, 0.4) is 0 Å². The van der Waals surface area contributed by atoms with Crippen LogP contribution in [0.15, 0.2) is 30.3 Å². The monoisotopic (exact) mass is 477 g/mol. The van der Waals surface area contributed by atoms with E-state index in [1.807, 2.05) is 0 Å². The lowest BCUT2D eigenvalue weighted by molar-refractivity contribution is -0.233. The predicted molar refractivity (Wildman–Crippen MR) is 118 cm³/mol. The summed E-state index contributed by atoms with van der Waals surface area (Å²) in [7, 11) is 0. The summed E-state index contributed by atoms with van der Waals surface area (Å²) in [5.41, 5.74) is 6.05. The first-order valence-corrected chi connectivity index (χ1v) is 10.1. The van der Waals surface area contributed by atoms with Gasteiger partial charge in [-0.3, -0.25) is 14.4 Å². The Balaban J connectivity index is 0.00000306. The van der Waals surface area contributed by atoms with Gasteiger partial charge in [-0.15, -0.1) is 12.4 Å². The number of fused-ring (bicyclic) bond motifs is 2. The van der Waals surface area contributed by atoms with Crippen molar-refractivity contribution in [3.8, 4) is 11.5 Å². The molecule has 1 saturated heterocycles. The Bertz CT molecular complexity index is 1110. The summed E-state index contributed by atoms with van der Waals surface area (Å²) < 4.78 is 16.6. The highest BCUT2D eigenvalue weighted by atomic mass is 35.5. The van der Waals surface area contributed by atoms with Crippen LogP contribution in [0.1, 0.15) is 57.7 Å². The van der Waals surface area contributed by atoms with Crippen molar-refractivity contribution < 1.29 is 38.8 Å². The molecule has 0 saturated carbocycles. The van der Waals surface area contributed by atoms with Gasteiger partial charge in [0, 0.05) is 36.1 Å². The lowest BCUT2D eigenvalue weighted by atomic mass is 9.82. The molecule has 2 aromatic rings. The topological polar surface area (TPSA) is 145 Å². The number of carbonyl (C=O) groups is 3. The zero-order chi connectivity index (χ0) is 23.2. The Morgan fingerprint density at radius 3 is 2.33 bits per heavy atom. The van der Waals surface area contributed by atoms with Crippen LogP contribution in [0, 0.1) is 0 Å². The number of ketones is 2. The van der Waals surface area contributed by atoms with Gasteiger partial charge in [0.2, 0.25) is 0 Å². The van der Waals surface area contributed by atoms with Crippen LogP contribution in [0.2, 0.25) is 0 Å². The molecule has 2 aromatic carbocycles. The van der Waals surface area contributed by atoms with Crippen molar-refractivity contribution in [3.63, 3.8) is 0 Å². The number of hydrogen-bond acceptors (Lipinski definition) is 9. The molecule has 0 aromatic heterocycles. The van der Waals surface area contributed by atoms with Crippen LogP contribution >= 0.6 is 12.4 Å². The van der Waals surface area contributed by atoms with Crippen LogP contribution in [0.25, 0.3) is 0 Å². The molecule has 33 heavy (non-hydrogen) atoms. The molecule has 10 heteroatoms. The van der Waals surface area contributed by atoms with Crippen molar-refractivity contribution in [1.29, 1.82) is 0 Å². The Hall–Kier alpha value is -2.98. The number of ether oxygens (including phenoxy) is 3. The molecule has 9 nitrogen and oxygen atoms in total. The van der Waals surface area contributed by atoms with Gasteiger partial charge >= 0.3 is 5.97 Å². The first-order valence-electron chi connectivity index (χ1n) is 10.1. The van der Waals surface area contributed by atoms with Crippen LogP contribution in [-0.4, -0.2) is 52.3 Å². The zero-order valence-corrected chi connectivity index (χ0v) is 18.8. The maximum absolute atomic E-state index is 12.9. The summed E-state index contributed by atoms with van der Waals surface area (Å²) in [6, 6.07) is 6.91. The number of esters is 1. The largest absolute Gasteiger partial charge is 0.507 e. The second kappa shape index (κ2) is 9.48. The van der Waals surface area contributed by atoms with E-state index < -0.39 is 53.6 Å². The van der Waals surface area contributed by atoms with Gasteiger partial charge in [0.25, 0.3) is 0 Å². The number of halogens is 1. The minimum absolute atomic E-state index is 0. The van der Waals surface area contributed by atoms with Gasteiger partial charge < -0.3 is 30.2 Å². The average Bonchev–Trinajstić information content (AvgIpc) is 2.74. The minimum atomic E-state index is -0.762. The summed E-state index contributed by atoms with van der Waals surface area (Å²) >= 11 is 0. The SMILES string of the molecule is CC(=O)O[C@@H]1[C@H](N)C[C@H](OCc2cc(O)c3c(c2O)C(=O)c2ccccc2C3=O)O[C@H]1C.Cl. The molecule has 1 fully saturated rings. The lowest BCUT2D eigenvalue weighted by Crippen LogP contribution is -2.53. The first kappa shape index (κ1) is 24.7. The number of rotatable bonds is 4. The third-order valence-electron chi connectivity index (χ3n) is 5.67. The van der Waals surface area contributed by atoms with E-state index in [0.717, 1.165) is 0 Å². The molecule has 2 aliphatic rings. The number of phenols is 2. The van der Waals surface area contributed by atoms with Crippen LogP contribution in [-0.2, 0) is 25.6 Å². The van der Waals surface area contributed by atoms with Crippen LogP contribution in [0.4, 0.5) is 0 Å². The number of nitrogens with two attached hydrogens (primary N) is 1. The van der Waals surface area contributed by atoms with Gasteiger partial charge in [0.15, 0.2) is 17.9 Å². The van der Waals surface area contributed by atoms with Gasteiger partial charge in [-0.25, -0.2) is 0 Å². The highest BCUT2D eigenvalue weighted by Gasteiger charge is 2.38. The average molecular weight is 478 g/mol. The first-order chi connectivity index (χ1) is 15.2. The molecule has 4 atom stereocenters. The highest BCUT2D eigenvalue weighted by molar-refractivity contribution is 6.30. The van der Waals surface area contributed by atoms with E-state index >= 15 is 0 Å². The molecular formula is C23H24ClNO8. The molecule has 0 bridgehead atoms. The fraction of sp³-hybridized carbons (Fsp3) is 0.348. The van der Waals surface area contributed by atoms with E-state index in [1.54, 1.807) is 19.1 Å². The van der Waals surface area contributed by atoms with E-state index in [9.17, 15) is 24.6 Å². The van der Waals surface area contributed by atoms with Crippen molar-refractivity contribution in [3.05, 3.63) is 58.1 Å². The van der Waals surface area contributed by atoms with Crippen molar-refractivity contribution in [1.82, 2.24) is 0 Å². The standard InChI is InChI=1S/C23H23NO8.ClH/c1-10-23(32-11(2)25)15(24)8-17(31-10)30-9-12-7-16(26)18-19(20(12)27)22(29)14-6-4-3-5-13(14)21(18)28;/h3-7,10,15,17,23,26-27H,8-9,24H2,1-2H3;1H/t10-,15+,17+,23-;/m0./s1. The summed E-state index contributed by atoms with van der Waals surface area (Å²) in [6.07, 6.45) is -1.67. The van der Waals surface area contributed by atoms with Crippen LogP contribution in [0.5, 0.6) is 11.5 Å². The van der Waals surface area contributed by atoms with Crippen molar-refractivity contribution in [2.75, 3.05) is 0 Å². The Morgan fingerprint density at radius 2 is 1.76 bits per heavy atom. The van der Waals surface area contributed by atoms with Gasteiger partial charge in [-0.2, -0.15) is 0 Å². The number of carbonyl (C=O) groups excluding carboxylic acids is 3. The molecule has 0 amide bonds. The van der Waals surface area contributed by atoms with E-state index in [2.05, 4.69) is 0 Å². The van der Waals surface area contributed by atoms with Gasteiger partial charge in [0.05, 0.1) is 23.8 Å². The molecule has 1 heterocycles. The summed E-state index contributed by atoms with van der Waals surface area (Å²) in [5.74, 6) is -2.41. The minimum Gasteiger partial charge on any atom is -0.507 e. The maximum atomic E-state index is 12.9. The Kier molecular flexibility index (Phi) is 7.08. The van der Waals surface area contributed by atoms with Crippen LogP contribution < -0.4 is 5.73 Å². The summed E-state index contributed by atoms with van der Waals surface area (Å²) in [4.78, 5) is 37.0. The zero-order valence-electron chi connectivity index (χ0n) is 17.9. The molecular weight excluding hydrogens is 454 g/mol. The lowest BCUT2D eigenvalue weighted by Gasteiger charge is -2.38. The molecule has 4 rings (SSSR count). The normalized spacial score (nSPS) is 23.8. The smallest absolute Gasteiger partial charge is 0.303 e. The maximum Gasteiger partial charge on any atom is 0.303 e. The van der Waals surface area contributed by atoms with E-state index in [0.29, 0.717) is 0 Å².